The molecule has 0 radical (unpaired) electrons. The molecule has 3 heterocycles. The molecule has 3 fully saturated rings. The summed E-state index contributed by atoms with van der Waals surface area (Å²) in [7, 11) is 0. The third kappa shape index (κ3) is 3.32. The zero-order chi connectivity index (χ0) is 20.9. The summed E-state index contributed by atoms with van der Waals surface area (Å²) < 4.78 is 0. The first-order valence-corrected chi connectivity index (χ1v) is 11.2. The standard InChI is InChI=1S/C25H27ClN2O2/c1-2-18-12-25(30)13-19(14-25)28(18)24(29)11-21(16-7-9-17(26)10-8-16)22-15-27-23-6-4-3-5-20(22)23/h3-10,15,18-19,21,27,30H,2,11-14H2,1H3. The maximum atomic E-state index is 13.6. The number of piperidine rings is 2. The van der Waals surface area contributed by atoms with Gasteiger partial charge >= 0.3 is 0 Å². The van der Waals surface area contributed by atoms with E-state index in [0.717, 1.165) is 28.5 Å². The van der Waals surface area contributed by atoms with Crippen molar-refractivity contribution in [3.63, 3.8) is 0 Å². The van der Waals surface area contributed by atoms with E-state index in [0.29, 0.717) is 30.7 Å². The van der Waals surface area contributed by atoms with Crippen molar-refractivity contribution in [2.45, 2.75) is 62.6 Å². The van der Waals surface area contributed by atoms with Crippen molar-refractivity contribution in [2.75, 3.05) is 0 Å². The Morgan fingerprint density at radius 2 is 1.93 bits per heavy atom. The van der Waals surface area contributed by atoms with E-state index < -0.39 is 5.60 Å². The van der Waals surface area contributed by atoms with E-state index in [1.54, 1.807) is 0 Å². The lowest BCUT2D eigenvalue weighted by molar-refractivity contribution is -0.178. The highest BCUT2D eigenvalue weighted by atomic mass is 35.5. The second-order valence-corrected chi connectivity index (χ2v) is 9.39. The largest absolute Gasteiger partial charge is 0.390 e. The van der Waals surface area contributed by atoms with Crippen LogP contribution in [0.2, 0.25) is 5.02 Å². The Kier molecular flexibility index (Phi) is 4.87. The fraction of sp³-hybridized carbons (Fsp3) is 0.400. The Hall–Kier alpha value is -2.30. The molecule has 3 aliphatic rings. The van der Waals surface area contributed by atoms with Crippen LogP contribution in [0, 0.1) is 0 Å². The van der Waals surface area contributed by atoms with Crippen LogP contribution in [0.5, 0.6) is 0 Å². The van der Waals surface area contributed by atoms with E-state index in [-0.39, 0.29) is 23.9 Å². The molecule has 1 aliphatic carbocycles. The summed E-state index contributed by atoms with van der Waals surface area (Å²) >= 11 is 6.13. The molecule has 3 aromatic rings. The number of halogens is 1. The number of para-hydroxylation sites is 1. The lowest BCUT2D eigenvalue weighted by Crippen LogP contribution is -2.67. The molecule has 1 aromatic heterocycles. The van der Waals surface area contributed by atoms with Crippen LogP contribution in [0.1, 0.15) is 56.1 Å². The molecule has 156 valence electrons. The SMILES string of the molecule is CCC1CC2(O)CC(C2)N1C(=O)CC(c1ccc(Cl)cc1)c1c[nH]c2ccccc12. The van der Waals surface area contributed by atoms with Crippen molar-refractivity contribution in [3.05, 3.63) is 70.9 Å². The molecule has 2 saturated heterocycles. The van der Waals surface area contributed by atoms with Gasteiger partial charge in [0.1, 0.15) is 0 Å². The summed E-state index contributed by atoms with van der Waals surface area (Å²) in [6.45, 7) is 2.11. The summed E-state index contributed by atoms with van der Waals surface area (Å²) in [5.74, 6) is 0.128. The van der Waals surface area contributed by atoms with Crippen LogP contribution in [-0.2, 0) is 4.79 Å². The van der Waals surface area contributed by atoms with Gasteiger partial charge < -0.3 is 15.0 Å². The Balaban J connectivity index is 1.49. The van der Waals surface area contributed by atoms with Gasteiger partial charge in [0.05, 0.1) is 5.60 Å². The van der Waals surface area contributed by atoms with Gasteiger partial charge in [0, 0.05) is 46.5 Å². The van der Waals surface area contributed by atoms with E-state index in [4.69, 9.17) is 11.6 Å². The summed E-state index contributed by atoms with van der Waals surface area (Å²) in [5.41, 5.74) is 2.76. The first-order chi connectivity index (χ1) is 14.5. The molecule has 1 saturated carbocycles. The molecule has 2 aliphatic heterocycles. The van der Waals surface area contributed by atoms with Crippen molar-refractivity contribution in [2.24, 2.45) is 0 Å². The van der Waals surface area contributed by atoms with E-state index in [2.05, 4.69) is 28.9 Å². The van der Waals surface area contributed by atoms with Crippen molar-refractivity contribution < 1.29 is 9.90 Å². The summed E-state index contributed by atoms with van der Waals surface area (Å²) in [4.78, 5) is 19.0. The zero-order valence-corrected chi connectivity index (χ0v) is 17.9. The van der Waals surface area contributed by atoms with Crippen LogP contribution in [0.3, 0.4) is 0 Å². The summed E-state index contributed by atoms with van der Waals surface area (Å²) in [6, 6.07) is 16.4. The van der Waals surface area contributed by atoms with Crippen molar-refractivity contribution in [1.29, 1.82) is 0 Å². The van der Waals surface area contributed by atoms with Crippen molar-refractivity contribution in [3.8, 4) is 0 Å². The van der Waals surface area contributed by atoms with Crippen molar-refractivity contribution in [1.82, 2.24) is 9.88 Å². The molecule has 2 N–H and O–H groups in total. The highest BCUT2D eigenvalue weighted by Crippen LogP contribution is 2.47. The molecule has 2 aromatic carbocycles. The summed E-state index contributed by atoms with van der Waals surface area (Å²) in [5, 5.41) is 12.4. The van der Waals surface area contributed by atoms with Gasteiger partial charge in [0.15, 0.2) is 0 Å². The monoisotopic (exact) mass is 422 g/mol. The highest BCUT2D eigenvalue weighted by molar-refractivity contribution is 6.30. The maximum absolute atomic E-state index is 13.6. The molecule has 30 heavy (non-hydrogen) atoms. The van der Waals surface area contributed by atoms with Crippen molar-refractivity contribution >= 4 is 28.4 Å². The Bertz CT molecular complexity index is 1070. The molecule has 2 bridgehead atoms. The molecule has 0 spiro atoms. The minimum absolute atomic E-state index is 0.0516. The molecule has 2 atom stereocenters. The van der Waals surface area contributed by atoms with E-state index in [9.17, 15) is 9.90 Å². The predicted molar refractivity (Wildman–Crippen MR) is 120 cm³/mol. The predicted octanol–water partition coefficient (Wildman–Crippen LogP) is 5.25. The minimum atomic E-state index is -0.547. The van der Waals surface area contributed by atoms with Crippen LogP contribution >= 0.6 is 11.6 Å². The summed E-state index contributed by atoms with van der Waals surface area (Å²) in [6.07, 6.45) is 5.46. The number of aromatic amines is 1. The number of fused-ring (bicyclic) bond motifs is 3. The van der Waals surface area contributed by atoms with Crippen LogP contribution in [-0.4, -0.2) is 38.6 Å². The normalized spacial score (nSPS) is 26.4. The third-order valence-electron chi connectivity index (χ3n) is 7.04. The van der Waals surface area contributed by atoms with Gasteiger partial charge in [0.25, 0.3) is 0 Å². The molecular weight excluding hydrogens is 396 g/mol. The first-order valence-electron chi connectivity index (χ1n) is 10.8. The average molecular weight is 423 g/mol. The number of aliphatic hydroxyl groups is 1. The highest BCUT2D eigenvalue weighted by Gasteiger charge is 2.54. The molecular formula is C25H27ClN2O2. The van der Waals surface area contributed by atoms with E-state index in [1.165, 1.54) is 0 Å². The van der Waals surface area contributed by atoms with Gasteiger partial charge in [-0.25, -0.2) is 0 Å². The average Bonchev–Trinajstić information content (AvgIpc) is 3.15. The number of carbonyl (C=O) groups is 1. The van der Waals surface area contributed by atoms with Crippen LogP contribution in [0.25, 0.3) is 10.9 Å². The van der Waals surface area contributed by atoms with Gasteiger partial charge in [-0.1, -0.05) is 48.9 Å². The molecule has 4 nitrogen and oxygen atoms in total. The molecule has 6 rings (SSSR count). The topological polar surface area (TPSA) is 56.3 Å². The lowest BCUT2D eigenvalue weighted by Gasteiger charge is -2.58. The quantitative estimate of drug-likeness (QED) is 0.590. The first kappa shape index (κ1) is 19.7. The number of hydrogen-bond acceptors (Lipinski definition) is 2. The number of aromatic nitrogens is 1. The number of rotatable bonds is 5. The lowest BCUT2D eigenvalue weighted by atomic mass is 9.66. The van der Waals surface area contributed by atoms with E-state index >= 15 is 0 Å². The fourth-order valence-electron chi connectivity index (χ4n) is 5.53. The Morgan fingerprint density at radius 3 is 2.67 bits per heavy atom. The molecule has 1 amide bonds. The number of nitrogens with one attached hydrogen (secondary N) is 1. The Labute approximate surface area is 181 Å². The second-order valence-electron chi connectivity index (χ2n) is 8.95. The number of H-pyrrole nitrogens is 1. The van der Waals surface area contributed by atoms with Gasteiger partial charge in [-0.3, -0.25) is 4.79 Å². The fourth-order valence-corrected chi connectivity index (χ4v) is 5.65. The minimum Gasteiger partial charge on any atom is -0.390 e. The number of nitrogens with zero attached hydrogens (tertiary/aromatic N) is 1. The molecule has 2 unspecified atom stereocenters. The van der Waals surface area contributed by atoms with E-state index in [1.807, 2.05) is 42.6 Å². The van der Waals surface area contributed by atoms with Gasteiger partial charge in [-0.05, 0) is 55.0 Å². The maximum Gasteiger partial charge on any atom is 0.224 e. The van der Waals surface area contributed by atoms with Gasteiger partial charge in [0.2, 0.25) is 5.91 Å². The number of hydrogen-bond donors (Lipinski definition) is 2. The van der Waals surface area contributed by atoms with Crippen LogP contribution in [0.4, 0.5) is 0 Å². The zero-order valence-electron chi connectivity index (χ0n) is 17.1. The van der Waals surface area contributed by atoms with Crippen LogP contribution < -0.4 is 0 Å². The smallest absolute Gasteiger partial charge is 0.224 e. The Morgan fingerprint density at radius 1 is 1.20 bits per heavy atom. The number of carbonyl (C=O) groups excluding carboxylic acids is 1. The van der Waals surface area contributed by atoms with Crippen LogP contribution in [0.15, 0.2) is 54.7 Å². The molecule has 5 heteroatoms. The third-order valence-corrected chi connectivity index (χ3v) is 7.29. The van der Waals surface area contributed by atoms with Gasteiger partial charge in [-0.15, -0.1) is 0 Å². The van der Waals surface area contributed by atoms with Gasteiger partial charge in [-0.2, -0.15) is 0 Å². The number of amides is 1. The number of benzene rings is 2. The second kappa shape index (κ2) is 7.44.